The van der Waals surface area contributed by atoms with E-state index in [4.69, 9.17) is 10.9 Å². The number of carbonyl (C=O) groups is 3. The summed E-state index contributed by atoms with van der Waals surface area (Å²) in [6.45, 7) is 1.90. The second-order valence-electron chi connectivity index (χ2n) is 8.65. The molecule has 2 saturated heterocycles. The number of unbranched alkanes of at least 4 members (excludes halogenated alkanes) is 4. The van der Waals surface area contributed by atoms with Crippen molar-refractivity contribution in [2.24, 2.45) is 5.73 Å². The van der Waals surface area contributed by atoms with Crippen LogP contribution in [0.5, 0.6) is 0 Å². The number of piperazine rings is 1. The molecule has 34 heavy (non-hydrogen) atoms. The molecule has 2 aliphatic heterocycles. The lowest BCUT2D eigenvalue weighted by molar-refractivity contribution is -0.129. The Bertz CT molecular complexity index is 822. The summed E-state index contributed by atoms with van der Waals surface area (Å²) in [7, 11) is 0. The summed E-state index contributed by atoms with van der Waals surface area (Å²) in [4.78, 5) is 35.4. The molecule has 12 nitrogen and oxygen atoms in total. The first-order valence-corrected chi connectivity index (χ1v) is 11.8. The number of carbonyl (C=O) groups excluding carboxylic acids is 3. The molecule has 0 saturated carbocycles. The normalized spacial score (nSPS) is 24.0. The minimum Gasteiger partial charge on any atom is -0.383 e. The maximum absolute atomic E-state index is 12.3. The fraction of sp³-hybridized carbons (Fsp3) is 0.591. The second-order valence-corrected chi connectivity index (χ2v) is 8.65. The molecule has 4 unspecified atom stereocenters. The van der Waals surface area contributed by atoms with Crippen molar-refractivity contribution in [1.82, 2.24) is 32.1 Å². The smallest absolute Gasteiger partial charge is 0.251 e. The van der Waals surface area contributed by atoms with Crippen LogP contribution in [0.15, 0.2) is 24.3 Å². The van der Waals surface area contributed by atoms with Crippen molar-refractivity contribution in [2.75, 3.05) is 25.0 Å². The Balaban J connectivity index is 1.30. The Hall–Kier alpha value is -2.77. The lowest BCUT2D eigenvalue weighted by Crippen LogP contribution is -2.78. The van der Waals surface area contributed by atoms with Crippen molar-refractivity contribution in [2.45, 2.75) is 63.1 Å². The molecule has 0 aromatic heterocycles. The van der Waals surface area contributed by atoms with E-state index in [9.17, 15) is 14.4 Å². The number of nitrogens with one attached hydrogen (secondary N) is 7. The quantitative estimate of drug-likeness (QED) is 0.103. The van der Waals surface area contributed by atoms with Gasteiger partial charge >= 0.3 is 0 Å². The summed E-state index contributed by atoms with van der Waals surface area (Å²) < 4.78 is 0. The van der Waals surface area contributed by atoms with Crippen molar-refractivity contribution < 1.29 is 19.6 Å². The molecule has 0 spiro atoms. The SMILES string of the molecule is NC1NC(=O)C2NC(CNc3ccc(C(=O)NCCCCCCCC(=O)NO)cc3)CNC2N1. The van der Waals surface area contributed by atoms with Gasteiger partial charge in [0.05, 0.1) is 6.17 Å². The van der Waals surface area contributed by atoms with Crippen LogP contribution < -0.4 is 43.1 Å². The van der Waals surface area contributed by atoms with Crippen LogP contribution in [0.2, 0.25) is 0 Å². The van der Waals surface area contributed by atoms with Crippen LogP contribution >= 0.6 is 0 Å². The Kier molecular flexibility index (Phi) is 10.0. The lowest BCUT2D eigenvalue weighted by Gasteiger charge is -2.42. The fourth-order valence-corrected chi connectivity index (χ4v) is 4.07. The van der Waals surface area contributed by atoms with Gasteiger partial charge in [-0.05, 0) is 37.1 Å². The molecule has 12 heteroatoms. The molecule has 0 radical (unpaired) electrons. The monoisotopic (exact) mass is 476 g/mol. The molecule has 1 aromatic rings. The van der Waals surface area contributed by atoms with Crippen LogP contribution in [-0.4, -0.2) is 67.1 Å². The summed E-state index contributed by atoms with van der Waals surface area (Å²) in [5.41, 5.74) is 8.85. The molecule has 3 amide bonds. The Morgan fingerprint density at radius 3 is 2.56 bits per heavy atom. The molecule has 0 aliphatic carbocycles. The molecule has 10 N–H and O–H groups in total. The number of nitrogens with two attached hydrogens (primary N) is 1. The van der Waals surface area contributed by atoms with Gasteiger partial charge in [-0.25, -0.2) is 5.48 Å². The molecular formula is C22H36N8O4. The Labute approximate surface area is 199 Å². The third kappa shape index (κ3) is 7.92. The first-order valence-electron chi connectivity index (χ1n) is 11.8. The van der Waals surface area contributed by atoms with Crippen LogP contribution in [0.25, 0.3) is 0 Å². The van der Waals surface area contributed by atoms with Crippen LogP contribution in [0.3, 0.4) is 0 Å². The maximum Gasteiger partial charge on any atom is 0.251 e. The first kappa shape index (κ1) is 25.8. The van der Waals surface area contributed by atoms with Gasteiger partial charge in [0.25, 0.3) is 5.91 Å². The maximum atomic E-state index is 12.3. The summed E-state index contributed by atoms with van der Waals surface area (Å²) in [5, 5.41) is 27.1. The van der Waals surface area contributed by atoms with E-state index >= 15 is 0 Å². The summed E-state index contributed by atoms with van der Waals surface area (Å²) >= 11 is 0. The van der Waals surface area contributed by atoms with Crippen molar-refractivity contribution >= 4 is 23.4 Å². The molecule has 0 bridgehead atoms. The highest BCUT2D eigenvalue weighted by Crippen LogP contribution is 2.11. The fourth-order valence-electron chi connectivity index (χ4n) is 4.07. The van der Waals surface area contributed by atoms with Crippen molar-refractivity contribution in [3.8, 4) is 0 Å². The molecule has 2 fully saturated rings. The molecule has 3 rings (SSSR count). The van der Waals surface area contributed by atoms with E-state index in [2.05, 4.69) is 31.9 Å². The topological polar surface area (TPSA) is 182 Å². The molecule has 2 heterocycles. The van der Waals surface area contributed by atoms with E-state index in [1.54, 1.807) is 17.6 Å². The molecule has 188 valence electrons. The van der Waals surface area contributed by atoms with Gasteiger partial charge < -0.3 is 16.0 Å². The lowest BCUT2D eigenvalue weighted by atomic mass is 10.1. The number of hydroxylamine groups is 1. The van der Waals surface area contributed by atoms with Crippen molar-refractivity contribution in [3.05, 3.63) is 29.8 Å². The highest BCUT2D eigenvalue weighted by atomic mass is 16.5. The van der Waals surface area contributed by atoms with Crippen LogP contribution in [-0.2, 0) is 9.59 Å². The van der Waals surface area contributed by atoms with Crippen LogP contribution in [0, 0.1) is 0 Å². The summed E-state index contributed by atoms with van der Waals surface area (Å²) in [5.74, 6) is -0.591. The average Bonchev–Trinajstić information content (AvgIpc) is 2.84. The van der Waals surface area contributed by atoms with Crippen LogP contribution in [0.1, 0.15) is 48.9 Å². The highest BCUT2D eigenvalue weighted by Gasteiger charge is 2.38. The van der Waals surface area contributed by atoms with E-state index in [0.717, 1.165) is 37.8 Å². The van der Waals surface area contributed by atoms with E-state index in [-0.39, 0.29) is 36.0 Å². The van der Waals surface area contributed by atoms with Crippen molar-refractivity contribution in [1.29, 1.82) is 0 Å². The molecular weight excluding hydrogens is 440 g/mol. The van der Waals surface area contributed by atoms with Gasteiger partial charge in [-0.1, -0.05) is 19.3 Å². The number of anilines is 1. The van der Waals surface area contributed by atoms with Gasteiger partial charge in [0, 0.05) is 43.3 Å². The Morgan fingerprint density at radius 2 is 1.79 bits per heavy atom. The standard InChI is InChI=1S/C22H36N8O4/c23-22-28-19-18(21(33)29-22)27-16(13-26-19)12-25-15-9-7-14(8-10-15)20(32)24-11-5-3-1-2-4-6-17(31)30-34/h7-10,16,18-19,22,25-28,34H,1-6,11-13,23H2,(H,24,32)(H,29,33)(H,30,31). The zero-order chi connectivity index (χ0) is 24.3. The molecule has 4 atom stereocenters. The van der Waals surface area contributed by atoms with Gasteiger partial charge in [-0.3, -0.25) is 41.3 Å². The number of fused-ring (bicyclic) bond motifs is 1. The predicted molar refractivity (Wildman–Crippen MR) is 127 cm³/mol. The van der Waals surface area contributed by atoms with E-state index < -0.39 is 6.29 Å². The zero-order valence-electron chi connectivity index (χ0n) is 19.2. The average molecular weight is 477 g/mol. The number of hydrogen-bond donors (Lipinski definition) is 9. The number of benzene rings is 1. The minimum absolute atomic E-state index is 0.0536. The van der Waals surface area contributed by atoms with Gasteiger partial charge in [0.15, 0.2) is 0 Å². The number of rotatable bonds is 12. The molecule has 2 aliphatic rings. The number of amides is 3. The predicted octanol–water partition coefficient (Wildman–Crippen LogP) is -1.11. The van der Waals surface area contributed by atoms with E-state index in [1.807, 2.05) is 12.1 Å². The third-order valence-electron chi connectivity index (χ3n) is 5.96. The zero-order valence-corrected chi connectivity index (χ0v) is 19.2. The summed E-state index contributed by atoms with van der Waals surface area (Å²) in [6.07, 6.45) is 4.08. The minimum atomic E-state index is -0.549. The first-order chi connectivity index (χ1) is 16.5. The van der Waals surface area contributed by atoms with Gasteiger partial charge in [-0.2, -0.15) is 0 Å². The van der Waals surface area contributed by atoms with Gasteiger partial charge in [0.1, 0.15) is 12.3 Å². The van der Waals surface area contributed by atoms with Gasteiger partial charge in [0.2, 0.25) is 11.8 Å². The van der Waals surface area contributed by atoms with Gasteiger partial charge in [-0.15, -0.1) is 0 Å². The number of hydrogen-bond acceptors (Lipinski definition) is 9. The summed E-state index contributed by atoms with van der Waals surface area (Å²) in [6, 6.07) is 6.96. The largest absolute Gasteiger partial charge is 0.383 e. The van der Waals surface area contributed by atoms with Crippen molar-refractivity contribution in [3.63, 3.8) is 0 Å². The Morgan fingerprint density at radius 1 is 1.06 bits per heavy atom. The van der Waals surface area contributed by atoms with E-state index in [1.165, 1.54) is 0 Å². The third-order valence-corrected chi connectivity index (χ3v) is 5.96. The second kappa shape index (κ2) is 13.2. The van der Waals surface area contributed by atoms with Crippen LogP contribution in [0.4, 0.5) is 5.69 Å². The van der Waals surface area contributed by atoms with E-state index in [0.29, 0.717) is 31.6 Å². The highest BCUT2D eigenvalue weighted by molar-refractivity contribution is 5.94. The molecule has 1 aromatic carbocycles.